The van der Waals surface area contributed by atoms with E-state index in [9.17, 15) is 0 Å². The van der Waals surface area contributed by atoms with Gasteiger partial charge in [0, 0.05) is 17.5 Å². The molecule has 0 spiro atoms. The molecule has 0 bridgehead atoms. The van der Waals surface area contributed by atoms with Gasteiger partial charge in [-0.05, 0) is 40.0 Å². The minimum absolute atomic E-state index is 0.202. The van der Waals surface area contributed by atoms with Crippen molar-refractivity contribution < 1.29 is 4.74 Å². The van der Waals surface area contributed by atoms with Crippen LogP contribution in [0, 0.1) is 5.41 Å². The molecule has 90 valence electrons. The lowest BCUT2D eigenvalue weighted by Crippen LogP contribution is -2.44. The van der Waals surface area contributed by atoms with Gasteiger partial charge in [-0.1, -0.05) is 13.8 Å². The van der Waals surface area contributed by atoms with E-state index in [0.717, 1.165) is 13.2 Å². The van der Waals surface area contributed by atoms with Crippen molar-refractivity contribution in [3.05, 3.63) is 0 Å². The maximum Gasteiger partial charge on any atom is 0.0575 e. The van der Waals surface area contributed by atoms with Crippen molar-refractivity contribution in [1.29, 1.82) is 0 Å². The highest BCUT2D eigenvalue weighted by Crippen LogP contribution is 2.25. The Labute approximate surface area is 94.8 Å². The molecule has 1 aliphatic rings. The van der Waals surface area contributed by atoms with E-state index in [1.807, 2.05) is 0 Å². The fourth-order valence-electron chi connectivity index (χ4n) is 1.44. The van der Waals surface area contributed by atoms with Crippen LogP contribution in [-0.4, -0.2) is 24.8 Å². The molecule has 0 unspecified atom stereocenters. The first-order valence-electron chi connectivity index (χ1n) is 6.15. The van der Waals surface area contributed by atoms with E-state index in [1.165, 1.54) is 19.3 Å². The van der Waals surface area contributed by atoms with E-state index < -0.39 is 0 Å². The predicted octanol–water partition coefficient (Wildman–Crippen LogP) is 2.97. The second-order valence-corrected chi connectivity index (χ2v) is 6.63. The summed E-state index contributed by atoms with van der Waals surface area (Å²) in [5.41, 5.74) is 0.441. The monoisotopic (exact) mass is 213 g/mol. The van der Waals surface area contributed by atoms with Gasteiger partial charge in [-0.25, -0.2) is 0 Å². The normalized spacial score (nSPS) is 19.0. The molecule has 1 rings (SSSR count). The lowest BCUT2D eigenvalue weighted by atomic mass is 9.91. The lowest BCUT2D eigenvalue weighted by Gasteiger charge is -2.33. The fraction of sp³-hybridized carbons (Fsp3) is 1.00. The van der Waals surface area contributed by atoms with Crippen LogP contribution >= 0.6 is 0 Å². The number of nitrogens with one attached hydrogen (secondary N) is 1. The van der Waals surface area contributed by atoms with Gasteiger partial charge in [0.1, 0.15) is 0 Å². The molecule has 2 nitrogen and oxygen atoms in total. The molecule has 0 aromatic carbocycles. The summed E-state index contributed by atoms with van der Waals surface area (Å²) < 4.78 is 5.87. The highest BCUT2D eigenvalue weighted by atomic mass is 16.5. The number of ether oxygens (including phenoxy) is 1. The molecular formula is C13H27NO. The van der Waals surface area contributed by atoms with Gasteiger partial charge in [-0.15, -0.1) is 0 Å². The van der Waals surface area contributed by atoms with E-state index in [2.05, 4.69) is 39.9 Å². The Kier molecular flexibility index (Phi) is 4.19. The van der Waals surface area contributed by atoms with Gasteiger partial charge < -0.3 is 10.1 Å². The average molecular weight is 213 g/mol. The molecule has 0 atom stereocenters. The summed E-state index contributed by atoms with van der Waals surface area (Å²) in [5.74, 6) is 0. The highest BCUT2D eigenvalue weighted by Gasteiger charge is 2.25. The van der Waals surface area contributed by atoms with Crippen LogP contribution in [0.4, 0.5) is 0 Å². The van der Waals surface area contributed by atoms with Crippen LogP contribution in [0.25, 0.3) is 0 Å². The third kappa shape index (κ3) is 5.53. The number of hydrogen-bond acceptors (Lipinski definition) is 2. The zero-order chi connectivity index (χ0) is 11.5. The third-order valence-electron chi connectivity index (χ3n) is 2.86. The van der Waals surface area contributed by atoms with Crippen LogP contribution in [0.3, 0.4) is 0 Å². The number of hydrogen-bond donors (Lipinski definition) is 1. The third-order valence-corrected chi connectivity index (χ3v) is 2.86. The van der Waals surface area contributed by atoms with Crippen LogP contribution in [0.2, 0.25) is 0 Å². The molecule has 0 amide bonds. The maximum absolute atomic E-state index is 5.87. The average Bonchev–Trinajstić information content (AvgIpc) is 1.97. The van der Waals surface area contributed by atoms with Crippen LogP contribution < -0.4 is 5.32 Å². The molecule has 0 radical (unpaired) electrons. The number of rotatable bonds is 5. The van der Waals surface area contributed by atoms with Crippen molar-refractivity contribution in [2.75, 3.05) is 13.2 Å². The largest absolute Gasteiger partial charge is 0.378 e. The van der Waals surface area contributed by atoms with Crippen molar-refractivity contribution in [3.8, 4) is 0 Å². The Hall–Kier alpha value is -0.0800. The molecule has 1 fully saturated rings. The topological polar surface area (TPSA) is 21.3 Å². The Bertz CT molecular complexity index is 189. The van der Waals surface area contributed by atoms with Crippen molar-refractivity contribution in [2.45, 2.75) is 65.5 Å². The van der Waals surface area contributed by atoms with Gasteiger partial charge >= 0.3 is 0 Å². The van der Waals surface area contributed by atoms with E-state index >= 15 is 0 Å². The molecule has 0 aliphatic heterocycles. The summed E-state index contributed by atoms with van der Waals surface area (Å²) >= 11 is 0. The Morgan fingerprint density at radius 1 is 1.13 bits per heavy atom. The Morgan fingerprint density at radius 3 is 2.13 bits per heavy atom. The van der Waals surface area contributed by atoms with Crippen molar-refractivity contribution >= 4 is 0 Å². The molecule has 0 aromatic rings. The molecule has 0 heterocycles. The molecule has 1 N–H and O–H groups in total. The predicted molar refractivity (Wildman–Crippen MR) is 65.1 cm³/mol. The summed E-state index contributed by atoms with van der Waals surface area (Å²) in [6, 6.07) is 0. The van der Waals surface area contributed by atoms with Gasteiger partial charge in [-0.2, -0.15) is 0 Å². The molecule has 0 aromatic heterocycles. The fourth-order valence-corrected chi connectivity index (χ4v) is 1.44. The highest BCUT2D eigenvalue weighted by molar-refractivity contribution is 4.79. The SMILES string of the molecule is CC(C)(CNC(C)(C)C)COC1CCC1. The smallest absolute Gasteiger partial charge is 0.0575 e. The summed E-state index contributed by atoms with van der Waals surface area (Å²) in [5, 5.41) is 3.54. The molecule has 15 heavy (non-hydrogen) atoms. The molecular weight excluding hydrogens is 186 g/mol. The first-order chi connectivity index (χ1) is 6.79. The quantitative estimate of drug-likeness (QED) is 0.758. The summed E-state index contributed by atoms with van der Waals surface area (Å²) in [7, 11) is 0. The van der Waals surface area contributed by atoms with Gasteiger partial charge in [0.25, 0.3) is 0 Å². The van der Waals surface area contributed by atoms with Gasteiger partial charge in [0.05, 0.1) is 12.7 Å². The summed E-state index contributed by atoms with van der Waals surface area (Å²) in [6.07, 6.45) is 4.44. The summed E-state index contributed by atoms with van der Waals surface area (Å²) in [4.78, 5) is 0. The molecule has 1 saturated carbocycles. The second-order valence-electron chi connectivity index (χ2n) is 6.63. The maximum atomic E-state index is 5.87. The van der Waals surface area contributed by atoms with Gasteiger partial charge in [0.15, 0.2) is 0 Å². The van der Waals surface area contributed by atoms with Crippen molar-refractivity contribution in [1.82, 2.24) is 5.32 Å². The standard InChI is InChI=1S/C13H27NO/c1-12(2,3)14-9-13(4,5)10-15-11-7-6-8-11/h11,14H,6-10H2,1-5H3. The van der Waals surface area contributed by atoms with Crippen LogP contribution in [0.15, 0.2) is 0 Å². The van der Waals surface area contributed by atoms with E-state index in [4.69, 9.17) is 4.74 Å². The molecule has 2 heteroatoms. The van der Waals surface area contributed by atoms with E-state index in [1.54, 1.807) is 0 Å². The van der Waals surface area contributed by atoms with Crippen LogP contribution in [0.5, 0.6) is 0 Å². The van der Waals surface area contributed by atoms with E-state index in [0.29, 0.717) is 6.10 Å². The van der Waals surface area contributed by atoms with Crippen LogP contribution in [0.1, 0.15) is 53.9 Å². The first kappa shape index (κ1) is 13.0. The van der Waals surface area contributed by atoms with Crippen LogP contribution in [-0.2, 0) is 4.74 Å². The Balaban J connectivity index is 2.18. The molecule has 1 aliphatic carbocycles. The first-order valence-corrected chi connectivity index (χ1v) is 6.15. The Morgan fingerprint density at radius 2 is 1.73 bits per heavy atom. The minimum Gasteiger partial charge on any atom is -0.378 e. The van der Waals surface area contributed by atoms with Gasteiger partial charge in [0.2, 0.25) is 0 Å². The second kappa shape index (κ2) is 4.84. The lowest BCUT2D eigenvalue weighted by molar-refractivity contribution is -0.0362. The summed E-state index contributed by atoms with van der Waals surface area (Å²) in [6.45, 7) is 13.0. The molecule has 0 saturated heterocycles. The van der Waals surface area contributed by atoms with Gasteiger partial charge in [-0.3, -0.25) is 0 Å². The van der Waals surface area contributed by atoms with Crippen molar-refractivity contribution in [3.63, 3.8) is 0 Å². The zero-order valence-corrected chi connectivity index (χ0v) is 11.0. The zero-order valence-electron chi connectivity index (χ0n) is 11.0. The van der Waals surface area contributed by atoms with E-state index in [-0.39, 0.29) is 11.0 Å². The minimum atomic E-state index is 0.202. The van der Waals surface area contributed by atoms with Crippen molar-refractivity contribution in [2.24, 2.45) is 5.41 Å².